The van der Waals surface area contributed by atoms with E-state index in [-0.39, 0.29) is 11.1 Å². The number of piperazine rings is 1. The van der Waals surface area contributed by atoms with Crippen LogP contribution in [0, 0.1) is 0 Å². The topological polar surface area (TPSA) is 36.4 Å². The van der Waals surface area contributed by atoms with Crippen LogP contribution in [0.1, 0.15) is 15.2 Å². The van der Waals surface area contributed by atoms with E-state index >= 15 is 0 Å². The molecule has 1 aliphatic rings. The summed E-state index contributed by atoms with van der Waals surface area (Å²) >= 11 is 11.2. The van der Waals surface area contributed by atoms with E-state index in [2.05, 4.69) is 43.3 Å². The molecule has 0 N–H and O–H groups in total. The number of rotatable bonds is 4. The Morgan fingerprint density at radius 1 is 1.35 bits per heavy atom. The second-order valence-electron chi connectivity index (χ2n) is 5.46. The summed E-state index contributed by atoms with van der Waals surface area (Å²) < 4.78 is 0.764. The summed E-state index contributed by atoms with van der Waals surface area (Å²) in [6, 6.07) is 6.00. The predicted octanol–water partition coefficient (Wildman–Crippen LogP) is 3.56. The molecule has 0 unspecified atom stereocenters. The van der Waals surface area contributed by atoms with E-state index in [1.54, 1.807) is 23.6 Å². The van der Waals surface area contributed by atoms with Gasteiger partial charge >= 0.3 is 0 Å². The molecule has 3 rings (SSSR count). The molecule has 0 aliphatic carbocycles. The van der Waals surface area contributed by atoms with Crippen LogP contribution in [0.25, 0.3) is 0 Å². The normalized spacial score (nSPS) is 15.8. The second kappa shape index (κ2) is 7.75. The monoisotopic (exact) mass is 413 g/mol. The molecule has 3 heterocycles. The number of aromatic nitrogens is 1. The zero-order chi connectivity index (χ0) is 16.2. The molecule has 2 aromatic rings. The smallest absolute Gasteiger partial charge is 0.257 e. The Morgan fingerprint density at radius 3 is 2.83 bits per heavy atom. The summed E-state index contributed by atoms with van der Waals surface area (Å²) in [4.78, 5) is 22.3. The van der Waals surface area contributed by atoms with Crippen molar-refractivity contribution in [3.05, 3.63) is 49.8 Å². The summed E-state index contributed by atoms with van der Waals surface area (Å²) in [5.41, 5.74) is 0.466. The lowest BCUT2D eigenvalue weighted by molar-refractivity contribution is 0.0638. The van der Waals surface area contributed by atoms with E-state index < -0.39 is 0 Å². The van der Waals surface area contributed by atoms with Gasteiger partial charge in [-0.2, -0.15) is 0 Å². The van der Waals surface area contributed by atoms with Gasteiger partial charge in [0.15, 0.2) is 0 Å². The van der Waals surface area contributed by atoms with Gasteiger partial charge in [-0.25, -0.2) is 4.98 Å². The minimum absolute atomic E-state index is 0.0401. The van der Waals surface area contributed by atoms with Crippen LogP contribution in [0.3, 0.4) is 0 Å². The minimum atomic E-state index is -0.0401. The molecule has 1 saturated heterocycles. The average Bonchev–Trinajstić information content (AvgIpc) is 3.08. The Labute approximate surface area is 153 Å². The van der Waals surface area contributed by atoms with Crippen molar-refractivity contribution in [3.8, 4) is 0 Å². The summed E-state index contributed by atoms with van der Waals surface area (Å²) in [6.45, 7) is 4.30. The van der Waals surface area contributed by atoms with Crippen molar-refractivity contribution in [2.24, 2.45) is 0 Å². The highest BCUT2D eigenvalue weighted by Gasteiger charge is 2.24. The van der Waals surface area contributed by atoms with Gasteiger partial charge in [0, 0.05) is 48.3 Å². The van der Waals surface area contributed by atoms with Crippen molar-refractivity contribution in [2.75, 3.05) is 32.7 Å². The molecule has 0 aromatic carbocycles. The number of hydrogen-bond donors (Lipinski definition) is 0. The molecule has 4 nitrogen and oxygen atoms in total. The highest BCUT2D eigenvalue weighted by molar-refractivity contribution is 9.10. The lowest BCUT2D eigenvalue weighted by Gasteiger charge is -2.34. The van der Waals surface area contributed by atoms with Gasteiger partial charge in [0.05, 0.1) is 5.56 Å². The quantitative estimate of drug-likeness (QED) is 0.718. The maximum atomic E-state index is 12.6. The molecule has 2 aromatic heterocycles. The van der Waals surface area contributed by atoms with Crippen LogP contribution in [0.5, 0.6) is 0 Å². The standard InChI is InChI=1S/C16H17BrClN3OS/c17-12-10-14(15(18)19-11-12)16(22)21-7-5-20(6-8-21)4-3-13-2-1-9-23-13/h1-2,9-11H,3-8H2. The zero-order valence-electron chi connectivity index (χ0n) is 12.5. The van der Waals surface area contributed by atoms with Crippen LogP contribution < -0.4 is 0 Å². The van der Waals surface area contributed by atoms with Gasteiger partial charge in [-0.15, -0.1) is 11.3 Å². The summed E-state index contributed by atoms with van der Waals surface area (Å²) in [5.74, 6) is -0.0401. The second-order valence-corrected chi connectivity index (χ2v) is 7.76. The fraction of sp³-hybridized carbons (Fsp3) is 0.375. The highest BCUT2D eigenvalue weighted by atomic mass is 79.9. The molecule has 23 heavy (non-hydrogen) atoms. The van der Waals surface area contributed by atoms with Gasteiger partial charge in [-0.3, -0.25) is 9.69 Å². The number of amides is 1. The van der Waals surface area contributed by atoms with E-state index in [4.69, 9.17) is 11.6 Å². The predicted molar refractivity (Wildman–Crippen MR) is 97.3 cm³/mol. The van der Waals surface area contributed by atoms with Crippen LogP contribution in [0.4, 0.5) is 0 Å². The Hall–Kier alpha value is -0.950. The average molecular weight is 415 g/mol. The number of halogens is 2. The van der Waals surface area contributed by atoms with E-state index in [9.17, 15) is 4.79 Å². The highest BCUT2D eigenvalue weighted by Crippen LogP contribution is 2.20. The van der Waals surface area contributed by atoms with Crippen molar-refractivity contribution in [1.82, 2.24) is 14.8 Å². The Balaban J connectivity index is 1.54. The third-order valence-electron chi connectivity index (χ3n) is 3.95. The number of carbonyl (C=O) groups excluding carboxylic acids is 1. The molecular formula is C16H17BrClN3OS. The van der Waals surface area contributed by atoms with Crippen LogP contribution in [-0.4, -0.2) is 53.4 Å². The molecule has 0 atom stereocenters. The van der Waals surface area contributed by atoms with Crippen molar-refractivity contribution >= 4 is 44.8 Å². The van der Waals surface area contributed by atoms with Crippen molar-refractivity contribution in [1.29, 1.82) is 0 Å². The number of thiophene rings is 1. The van der Waals surface area contributed by atoms with Crippen molar-refractivity contribution < 1.29 is 4.79 Å². The number of pyridine rings is 1. The van der Waals surface area contributed by atoms with Crippen LogP contribution >= 0.6 is 38.9 Å². The Morgan fingerprint density at radius 2 is 2.13 bits per heavy atom. The molecule has 0 bridgehead atoms. The van der Waals surface area contributed by atoms with Crippen molar-refractivity contribution in [2.45, 2.75) is 6.42 Å². The maximum absolute atomic E-state index is 12.6. The largest absolute Gasteiger partial charge is 0.336 e. The lowest BCUT2D eigenvalue weighted by Crippen LogP contribution is -2.49. The summed E-state index contributed by atoms with van der Waals surface area (Å²) in [6.07, 6.45) is 2.68. The Bertz CT molecular complexity index is 672. The van der Waals surface area contributed by atoms with E-state index in [1.807, 2.05) is 4.90 Å². The molecule has 7 heteroatoms. The molecule has 0 spiro atoms. The summed E-state index contributed by atoms with van der Waals surface area (Å²) in [5, 5.41) is 2.38. The maximum Gasteiger partial charge on any atom is 0.257 e. The first-order chi connectivity index (χ1) is 11.1. The van der Waals surface area contributed by atoms with Gasteiger partial charge in [0.2, 0.25) is 0 Å². The van der Waals surface area contributed by atoms with Gasteiger partial charge < -0.3 is 4.90 Å². The first-order valence-electron chi connectivity index (χ1n) is 7.48. The lowest BCUT2D eigenvalue weighted by atomic mass is 10.2. The molecule has 122 valence electrons. The molecule has 1 fully saturated rings. The third-order valence-corrected chi connectivity index (χ3v) is 5.62. The SMILES string of the molecule is O=C(c1cc(Br)cnc1Cl)N1CCN(CCc2cccs2)CC1. The first-order valence-corrected chi connectivity index (χ1v) is 9.53. The number of carbonyl (C=O) groups is 1. The summed E-state index contributed by atoms with van der Waals surface area (Å²) in [7, 11) is 0. The third kappa shape index (κ3) is 4.32. The van der Waals surface area contributed by atoms with Gasteiger partial charge in [-0.1, -0.05) is 17.7 Å². The van der Waals surface area contributed by atoms with Crippen molar-refractivity contribution in [3.63, 3.8) is 0 Å². The fourth-order valence-electron chi connectivity index (χ4n) is 2.64. The number of nitrogens with zero attached hydrogens (tertiary/aromatic N) is 3. The van der Waals surface area contributed by atoms with Crippen LogP contribution in [0.2, 0.25) is 5.15 Å². The van der Waals surface area contributed by atoms with Gasteiger partial charge in [-0.05, 0) is 39.9 Å². The minimum Gasteiger partial charge on any atom is -0.336 e. The first kappa shape index (κ1) is 16.9. The molecular weight excluding hydrogens is 398 g/mol. The van der Waals surface area contributed by atoms with E-state index in [0.29, 0.717) is 5.56 Å². The molecule has 1 aliphatic heterocycles. The van der Waals surface area contributed by atoms with E-state index in [0.717, 1.165) is 43.6 Å². The Kier molecular flexibility index (Phi) is 5.69. The van der Waals surface area contributed by atoms with Gasteiger partial charge in [0.25, 0.3) is 5.91 Å². The number of hydrogen-bond acceptors (Lipinski definition) is 4. The molecule has 0 saturated carbocycles. The zero-order valence-corrected chi connectivity index (χ0v) is 15.7. The molecule has 1 amide bonds. The van der Waals surface area contributed by atoms with E-state index in [1.165, 1.54) is 4.88 Å². The van der Waals surface area contributed by atoms with Gasteiger partial charge in [0.1, 0.15) is 5.15 Å². The van der Waals surface area contributed by atoms with Crippen LogP contribution in [-0.2, 0) is 6.42 Å². The fourth-order valence-corrected chi connectivity index (χ4v) is 3.85. The molecule has 0 radical (unpaired) electrons. The van der Waals surface area contributed by atoms with Crippen LogP contribution in [0.15, 0.2) is 34.2 Å².